The maximum atomic E-state index is 11.0. The van der Waals surface area contributed by atoms with Crippen molar-refractivity contribution in [2.24, 2.45) is 5.90 Å². The van der Waals surface area contributed by atoms with Gasteiger partial charge in [0.2, 0.25) is 0 Å². The average Bonchev–Trinajstić information content (AvgIpc) is 2.17. The van der Waals surface area contributed by atoms with Crippen LogP contribution in [0.2, 0.25) is 0 Å². The summed E-state index contributed by atoms with van der Waals surface area (Å²) in [5.74, 6) is 4.05. The van der Waals surface area contributed by atoms with E-state index in [2.05, 4.69) is 4.84 Å². The van der Waals surface area contributed by atoms with Gasteiger partial charge in [-0.15, -0.1) is 0 Å². The van der Waals surface area contributed by atoms with Gasteiger partial charge in [-0.25, -0.2) is 4.79 Å². The lowest BCUT2D eigenvalue weighted by Gasteiger charge is -2.07. The Morgan fingerprint density at radius 2 is 2.00 bits per heavy atom. The second-order valence-corrected chi connectivity index (χ2v) is 2.57. The van der Waals surface area contributed by atoms with Crippen LogP contribution in [0.1, 0.15) is 18.4 Å². The minimum atomic E-state index is -0.416. The molecular weight excluding hydrogens is 154 g/mol. The first-order valence-electron chi connectivity index (χ1n) is 3.71. The Morgan fingerprint density at radius 3 is 2.50 bits per heavy atom. The van der Waals surface area contributed by atoms with E-state index in [-0.39, 0.29) is 5.92 Å². The molecule has 3 heteroatoms. The van der Waals surface area contributed by atoms with Crippen LogP contribution >= 0.6 is 0 Å². The standard InChI is InChI=1S/C9H11NO2/c1-7(9(11)12-10)8-5-3-2-4-6-8/h2-7H,10H2,1H3. The molecule has 2 N–H and O–H groups in total. The highest BCUT2D eigenvalue weighted by atomic mass is 16.7. The number of benzene rings is 1. The summed E-state index contributed by atoms with van der Waals surface area (Å²) in [5, 5.41) is 0. The molecule has 0 aliphatic rings. The monoisotopic (exact) mass is 165 g/mol. The highest BCUT2D eigenvalue weighted by molar-refractivity contribution is 5.77. The molecule has 0 radical (unpaired) electrons. The first kappa shape index (κ1) is 8.74. The molecule has 1 rings (SSSR count). The van der Waals surface area contributed by atoms with E-state index in [1.807, 2.05) is 30.3 Å². The number of nitrogens with two attached hydrogens (primary N) is 1. The average molecular weight is 165 g/mol. The van der Waals surface area contributed by atoms with Crippen molar-refractivity contribution in [3.05, 3.63) is 35.9 Å². The quantitative estimate of drug-likeness (QED) is 0.670. The predicted molar refractivity (Wildman–Crippen MR) is 45.1 cm³/mol. The van der Waals surface area contributed by atoms with E-state index in [1.54, 1.807) is 6.92 Å². The van der Waals surface area contributed by atoms with E-state index >= 15 is 0 Å². The summed E-state index contributed by atoms with van der Waals surface area (Å²) in [7, 11) is 0. The van der Waals surface area contributed by atoms with Crippen molar-refractivity contribution >= 4 is 5.97 Å². The van der Waals surface area contributed by atoms with Gasteiger partial charge in [-0.3, -0.25) is 0 Å². The molecule has 64 valence electrons. The molecule has 0 fully saturated rings. The van der Waals surface area contributed by atoms with E-state index in [0.29, 0.717) is 0 Å². The second-order valence-electron chi connectivity index (χ2n) is 2.57. The fourth-order valence-electron chi connectivity index (χ4n) is 0.980. The lowest BCUT2D eigenvalue weighted by atomic mass is 10.0. The Bertz CT molecular complexity index is 258. The van der Waals surface area contributed by atoms with Gasteiger partial charge in [0.05, 0.1) is 5.92 Å². The van der Waals surface area contributed by atoms with Crippen LogP contribution in [0.4, 0.5) is 0 Å². The van der Waals surface area contributed by atoms with Crippen molar-refractivity contribution in [1.82, 2.24) is 0 Å². The van der Waals surface area contributed by atoms with E-state index in [9.17, 15) is 4.79 Å². The summed E-state index contributed by atoms with van der Waals surface area (Å²) in [4.78, 5) is 15.1. The maximum absolute atomic E-state index is 11.0. The molecule has 0 aliphatic carbocycles. The molecule has 0 amide bonds. The Kier molecular flexibility index (Phi) is 2.82. The molecule has 0 saturated heterocycles. The molecule has 0 bridgehead atoms. The molecule has 0 aliphatic heterocycles. The Labute approximate surface area is 71.1 Å². The first-order valence-corrected chi connectivity index (χ1v) is 3.71. The van der Waals surface area contributed by atoms with Crippen LogP contribution in [0, 0.1) is 0 Å². The topological polar surface area (TPSA) is 52.3 Å². The van der Waals surface area contributed by atoms with Crippen LogP contribution < -0.4 is 5.90 Å². The molecule has 1 unspecified atom stereocenters. The maximum Gasteiger partial charge on any atom is 0.331 e. The third-order valence-corrected chi connectivity index (χ3v) is 1.77. The molecule has 0 aromatic heterocycles. The normalized spacial score (nSPS) is 12.2. The van der Waals surface area contributed by atoms with Crippen molar-refractivity contribution in [3.8, 4) is 0 Å². The van der Waals surface area contributed by atoms with Crippen molar-refractivity contribution in [3.63, 3.8) is 0 Å². The Balaban J connectivity index is 2.78. The summed E-state index contributed by atoms with van der Waals surface area (Å²) in [6, 6.07) is 9.36. The molecule has 1 atom stereocenters. The third kappa shape index (κ3) is 1.83. The molecule has 0 heterocycles. The number of hydrogen-bond acceptors (Lipinski definition) is 3. The molecular formula is C9H11NO2. The smallest absolute Gasteiger partial charge is 0.331 e. The van der Waals surface area contributed by atoms with Crippen molar-refractivity contribution in [1.29, 1.82) is 0 Å². The van der Waals surface area contributed by atoms with Gasteiger partial charge in [0.1, 0.15) is 0 Å². The van der Waals surface area contributed by atoms with Gasteiger partial charge in [-0.2, -0.15) is 5.90 Å². The highest BCUT2D eigenvalue weighted by Crippen LogP contribution is 2.14. The van der Waals surface area contributed by atoms with Crippen LogP contribution in [-0.4, -0.2) is 5.97 Å². The Morgan fingerprint density at radius 1 is 1.42 bits per heavy atom. The van der Waals surface area contributed by atoms with Gasteiger partial charge >= 0.3 is 5.97 Å². The van der Waals surface area contributed by atoms with Crippen LogP contribution in [0.5, 0.6) is 0 Å². The van der Waals surface area contributed by atoms with E-state index in [1.165, 1.54) is 0 Å². The molecule has 12 heavy (non-hydrogen) atoms. The van der Waals surface area contributed by atoms with Crippen molar-refractivity contribution < 1.29 is 9.63 Å². The van der Waals surface area contributed by atoms with Gasteiger partial charge in [0, 0.05) is 0 Å². The molecule has 1 aromatic rings. The number of carbonyl (C=O) groups excluding carboxylic acids is 1. The fourth-order valence-corrected chi connectivity index (χ4v) is 0.980. The zero-order valence-electron chi connectivity index (χ0n) is 6.86. The van der Waals surface area contributed by atoms with Crippen molar-refractivity contribution in [2.45, 2.75) is 12.8 Å². The summed E-state index contributed by atoms with van der Waals surface area (Å²) >= 11 is 0. The molecule has 1 aromatic carbocycles. The van der Waals surface area contributed by atoms with Gasteiger partial charge in [0.25, 0.3) is 0 Å². The largest absolute Gasteiger partial charge is 0.373 e. The van der Waals surface area contributed by atoms with E-state index in [4.69, 9.17) is 5.90 Å². The van der Waals surface area contributed by atoms with Gasteiger partial charge < -0.3 is 4.84 Å². The first-order chi connectivity index (χ1) is 5.75. The number of hydrogen-bond donors (Lipinski definition) is 1. The summed E-state index contributed by atoms with van der Waals surface area (Å²) in [6.45, 7) is 1.75. The number of rotatable bonds is 2. The predicted octanol–water partition coefficient (Wildman–Crippen LogP) is 1.21. The minimum absolute atomic E-state index is 0.295. The van der Waals surface area contributed by atoms with Gasteiger partial charge in [0.15, 0.2) is 0 Å². The van der Waals surface area contributed by atoms with E-state index < -0.39 is 5.97 Å². The van der Waals surface area contributed by atoms with Crippen LogP contribution in [-0.2, 0) is 9.63 Å². The second kappa shape index (κ2) is 3.88. The van der Waals surface area contributed by atoms with Gasteiger partial charge in [-0.05, 0) is 12.5 Å². The summed E-state index contributed by atoms with van der Waals surface area (Å²) in [5.41, 5.74) is 0.910. The summed E-state index contributed by atoms with van der Waals surface area (Å²) in [6.07, 6.45) is 0. The third-order valence-electron chi connectivity index (χ3n) is 1.77. The highest BCUT2D eigenvalue weighted by Gasteiger charge is 2.14. The van der Waals surface area contributed by atoms with Gasteiger partial charge in [-0.1, -0.05) is 30.3 Å². The fraction of sp³-hybridized carbons (Fsp3) is 0.222. The summed E-state index contributed by atoms with van der Waals surface area (Å²) < 4.78 is 0. The lowest BCUT2D eigenvalue weighted by Crippen LogP contribution is -2.16. The minimum Gasteiger partial charge on any atom is -0.373 e. The molecule has 0 spiro atoms. The Hall–Kier alpha value is -1.35. The van der Waals surface area contributed by atoms with Crippen LogP contribution in [0.3, 0.4) is 0 Å². The zero-order valence-corrected chi connectivity index (χ0v) is 6.86. The number of carbonyl (C=O) groups is 1. The molecule has 3 nitrogen and oxygen atoms in total. The van der Waals surface area contributed by atoms with E-state index in [0.717, 1.165) is 5.56 Å². The van der Waals surface area contributed by atoms with Crippen molar-refractivity contribution in [2.75, 3.05) is 0 Å². The SMILES string of the molecule is CC(C(=O)ON)c1ccccc1. The molecule has 0 saturated carbocycles. The van der Waals surface area contributed by atoms with Crippen LogP contribution in [0.15, 0.2) is 30.3 Å². The van der Waals surface area contributed by atoms with Crippen LogP contribution in [0.25, 0.3) is 0 Å². The zero-order chi connectivity index (χ0) is 8.97. The lowest BCUT2D eigenvalue weighted by molar-refractivity contribution is -0.145.